The molecule has 106 valence electrons. The van der Waals surface area contributed by atoms with Crippen molar-refractivity contribution >= 4 is 5.69 Å². The molecule has 1 heterocycles. The molecule has 0 bridgehead atoms. The number of rotatable bonds is 3. The number of hydrogen-bond donors (Lipinski definition) is 1. The van der Waals surface area contributed by atoms with Gasteiger partial charge in [0.25, 0.3) is 0 Å². The van der Waals surface area contributed by atoms with E-state index in [1.807, 2.05) is 0 Å². The first-order valence-corrected chi connectivity index (χ1v) is 7.21. The van der Waals surface area contributed by atoms with Crippen molar-refractivity contribution in [3.63, 3.8) is 0 Å². The van der Waals surface area contributed by atoms with Crippen LogP contribution in [0.15, 0.2) is 24.3 Å². The summed E-state index contributed by atoms with van der Waals surface area (Å²) in [6.45, 7) is 8.88. The van der Waals surface area contributed by atoms with Gasteiger partial charge in [0.05, 0.1) is 12.6 Å². The highest BCUT2D eigenvalue weighted by Gasteiger charge is 2.31. The molecule has 1 aromatic carbocycles. The average Bonchev–Trinajstić information content (AvgIpc) is 2.37. The van der Waals surface area contributed by atoms with E-state index in [0.717, 1.165) is 13.1 Å². The molecule has 1 aromatic rings. The molecule has 1 aliphatic heterocycles. The quantitative estimate of drug-likeness (QED) is 0.905. The highest BCUT2D eigenvalue weighted by atomic mass is 16.3. The van der Waals surface area contributed by atoms with Gasteiger partial charge in [-0.05, 0) is 31.5 Å². The Morgan fingerprint density at radius 3 is 2.58 bits per heavy atom. The zero-order valence-corrected chi connectivity index (χ0v) is 12.5. The molecular weight excluding hydrogens is 236 g/mol. The lowest BCUT2D eigenvalue weighted by Crippen LogP contribution is -2.58. The van der Waals surface area contributed by atoms with Gasteiger partial charge in [-0.3, -0.25) is 0 Å². The van der Waals surface area contributed by atoms with Crippen molar-refractivity contribution in [3.8, 4) is 0 Å². The van der Waals surface area contributed by atoms with Crippen molar-refractivity contribution in [2.24, 2.45) is 0 Å². The van der Waals surface area contributed by atoms with Crippen molar-refractivity contribution < 1.29 is 5.11 Å². The maximum absolute atomic E-state index is 9.72. The summed E-state index contributed by atoms with van der Waals surface area (Å²) in [5.41, 5.74) is 2.66. The summed E-state index contributed by atoms with van der Waals surface area (Å²) in [5.74, 6) is 0.502. The molecule has 1 fully saturated rings. The van der Waals surface area contributed by atoms with E-state index >= 15 is 0 Å². The lowest BCUT2D eigenvalue weighted by atomic mass is 9.97. The van der Waals surface area contributed by atoms with E-state index in [1.54, 1.807) is 0 Å². The molecule has 0 amide bonds. The molecule has 1 N–H and O–H groups in total. The largest absolute Gasteiger partial charge is 0.394 e. The average molecular weight is 262 g/mol. The summed E-state index contributed by atoms with van der Waals surface area (Å²) >= 11 is 0. The second-order valence-electron chi connectivity index (χ2n) is 6.03. The SMILES string of the molecule is CC(C)c1ccccc1N1C(C)CN(C)CC1CO. The van der Waals surface area contributed by atoms with E-state index in [-0.39, 0.29) is 12.6 Å². The highest BCUT2D eigenvalue weighted by molar-refractivity contribution is 5.57. The molecule has 2 unspecified atom stereocenters. The fraction of sp³-hybridized carbons (Fsp3) is 0.625. The van der Waals surface area contributed by atoms with Crippen molar-refractivity contribution in [1.29, 1.82) is 0 Å². The fourth-order valence-corrected chi connectivity index (χ4v) is 3.21. The van der Waals surface area contributed by atoms with Crippen LogP contribution in [0.25, 0.3) is 0 Å². The molecule has 0 spiro atoms. The van der Waals surface area contributed by atoms with Crippen LogP contribution in [-0.4, -0.2) is 48.8 Å². The number of likely N-dealkylation sites (N-methyl/N-ethyl adjacent to an activating group) is 1. The molecule has 0 aromatic heterocycles. The third-order valence-electron chi connectivity index (χ3n) is 4.01. The normalized spacial score (nSPS) is 25.1. The van der Waals surface area contributed by atoms with Crippen LogP contribution in [-0.2, 0) is 0 Å². The van der Waals surface area contributed by atoms with Crippen molar-refractivity contribution in [1.82, 2.24) is 4.90 Å². The maximum Gasteiger partial charge on any atom is 0.0651 e. The van der Waals surface area contributed by atoms with Crippen LogP contribution in [0.5, 0.6) is 0 Å². The molecule has 2 rings (SSSR count). The Morgan fingerprint density at radius 1 is 1.26 bits per heavy atom. The number of aliphatic hydroxyl groups is 1. The standard InChI is InChI=1S/C16H26N2O/c1-12(2)15-7-5-6-8-16(15)18-13(3)9-17(4)10-14(18)11-19/h5-8,12-14,19H,9-11H2,1-4H3. The van der Waals surface area contributed by atoms with Gasteiger partial charge >= 0.3 is 0 Å². The number of anilines is 1. The van der Waals surface area contributed by atoms with Crippen LogP contribution in [0.3, 0.4) is 0 Å². The zero-order valence-electron chi connectivity index (χ0n) is 12.5. The van der Waals surface area contributed by atoms with E-state index in [1.165, 1.54) is 11.3 Å². The molecule has 3 heteroatoms. The number of nitrogens with zero attached hydrogens (tertiary/aromatic N) is 2. The van der Waals surface area contributed by atoms with E-state index < -0.39 is 0 Å². The van der Waals surface area contributed by atoms with Gasteiger partial charge in [-0.2, -0.15) is 0 Å². The van der Waals surface area contributed by atoms with Crippen LogP contribution in [0.1, 0.15) is 32.3 Å². The van der Waals surface area contributed by atoms with Crippen LogP contribution in [0.2, 0.25) is 0 Å². The van der Waals surface area contributed by atoms with Gasteiger partial charge in [0, 0.05) is 24.8 Å². The molecule has 0 saturated carbocycles. The predicted molar refractivity (Wildman–Crippen MR) is 80.8 cm³/mol. The lowest BCUT2D eigenvalue weighted by Gasteiger charge is -2.46. The lowest BCUT2D eigenvalue weighted by molar-refractivity contribution is 0.171. The van der Waals surface area contributed by atoms with Crippen LogP contribution in [0, 0.1) is 0 Å². The summed E-state index contributed by atoms with van der Waals surface area (Å²) < 4.78 is 0. The minimum absolute atomic E-state index is 0.189. The van der Waals surface area contributed by atoms with Gasteiger partial charge in [0.1, 0.15) is 0 Å². The Morgan fingerprint density at radius 2 is 1.95 bits per heavy atom. The van der Waals surface area contributed by atoms with Gasteiger partial charge in [-0.15, -0.1) is 0 Å². The van der Waals surface area contributed by atoms with Gasteiger partial charge in [0.15, 0.2) is 0 Å². The number of para-hydroxylation sites is 1. The summed E-state index contributed by atoms with van der Waals surface area (Å²) in [4.78, 5) is 4.72. The van der Waals surface area contributed by atoms with Crippen molar-refractivity contribution in [2.75, 3.05) is 31.6 Å². The number of aliphatic hydroxyl groups excluding tert-OH is 1. The number of benzene rings is 1. The minimum Gasteiger partial charge on any atom is -0.394 e. The zero-order chi connectivity index (χ0) is 14.0. The summed E-state index contributed by atoms with van der Waals surface area (Å²) in [7, 11) is 2.13. The van der Waals surface area contributed by atoms with E-state index in [9.17, 15) is 5.11 Å². The van der Waals surface area contributed by atoms with Gasteiger partial charge < -0.3 is 14.9 Å². The topological polar surface area (TPSA) is 26.7 Å². The molecule has 2 atom stereocenters. The Kier molecular flexibility index (Phi) is 4.48. The summed E-state index contributed by atoms with van der Waals surface area (Å²) in [6.07, 6.45) is 0. The summed E-state index contributed by atoms with van der Waals surface area (Å²) in [6, 6.07) is 9.22. The molecule has 19 heavy (non-hydrogen) atoms. The molecule has 1 saturated heterocycles. The van der Waals surface area contributed by atoms with E-state index in [0.29, 0.717) is 12.0 Å². The Hall–Kier alpha value is -1.06. The monoisotopic (exact) mass is 262 g/mol. The second kappa shape index (κ2) is 5.93. The molecule has 3 nitrogen and oxygen atoms in total. The molecule has 0 aliphatic carbocycles. The van der Waals surface area contributed by atoms with Crippen LogP contribution >= 0.6 is 0 Å². The smallest absolute Gasteiger partial charge is 0.0651 e. The third-order valence-corrected chi connectivity index (χ3v) is 4.01. The summed E-state index contributed by atoms with van der Waals surface area (Å²) in [5, 5.41) is 9.72. The van der Waals surface area contributed by atoms with Crippen molar-refractivity contribution in [2.45, 2.75) is 38.8 Å². The number of hydrogen-bond acceptors (Lipinski definition) is 3. The molecular formula is C16H26N2O. The first kappa shape index (κ1) is 14.4. The van der Waals surface area contributed by atoms with Crippen molar-refractivity contribution in [3.05, 3.63) is 29.8 Å². The Bertz CT molecular complexity index is 419. The fourth-order valence-electron chi connectivity index (χ4n) is 3.21. The highest BCUT2D eigenvalue weighted by Crippen LogP contribution is 2.31. The van der Waals surface area contributed by atoms with Crippen LogP contribution in [0.4, 0.5) is 5.69 Å². The molecule has 1 aliphatic rings. The maximum atomic E-state index is 9.72. The first-order chi connectivity index (χ1) is 9.04. The Balaban J connectivity index is 2.38. The van der Waals surface area contributed by atoms with Gasteiger partial charge in [-0.1, -0.05) is 32.0 Å². The second-order valence-corrected chi connectivity index (χ2v) is 6.03. The number of piperazine rings is 1. The van der Waals surface area contributed by atoms with Gasteiger partial charge in [-0.25, -0.2) is 0 Å². The van der Waals surface area contributed by atoms with Crippen LogP contribution < -0.4 is 4.90 Å². The third kappa shape index (κ3) is 2.93. The Labute approximate surface area is 116 Å². The minimum atomic E-state index is 0.189. The van der Waals surface area contributed by atoms with E-state index in [4.69, 9.17) is 0 Å². The van der Waals surface area contributed by atoms with E-state index in [2.05, 4.69) is 61.9 Å². The molecule has 0 radical (unpaired) electrons. The van der Waals surface area contributed by atoms with Gasteiger partial charge in [0.2, 0.25) is 0 Å². The first-order valence-electron chi connectivity index (χ1n) is 7.21. The predicted octanol–water partition coefficient (Wildman–Crippen LogP) is 2.31.